The lowest BCUT2D eigenvalue weighted by Gasteiger charge is -2.18. The highest BCUT2D eigenvalue weighted by atomic mass is 16.6. The molecule has 0 aromatic rings. The highest BCUT2D eigenvalue weighted by molar-refractivity contribution is 5.72. The number of rotatable bonds is 53. The van der Waals surface area contributed by atoms with E-state index in [4.69, 9.17) is 14.2 Å². The molecule has 6 heteroatoms. The predicted octanol–water partition coefficient (Wildman–Crippen LogP) is 20.9. The summed E-state index contributed by atoms with van der Waals surface area (Å²) in [5.41, 5.74) is 0. The number of ether oxygens (including phenoxy) is 3. The molecular formula is C70H110O6. The van der Waals surface area contributed by atoms with Crippen LogP contribution in [-0.4, -0.2) is 37.2 Å². The second kappa shape index (κ2) is 62.6. The van der Waals surface area contributed by atoms with E-state index in [0.717, 1.165) is 128 Å². The first-order chi connectivity index (χ1) is 37.5. The maximum Gasteiger partial charge on any atom is 0.310 e. The zero-order chi connectivity index (χ0) is 55.0. The van der Waals surface area contributed by atoms with Gasteiger partial charge in [0.1, 0.15) is 13.2 Å². The van der Waals surface area contributed by atoms with Gasteiger partial charge in [-0.25, -0.2) is 0 Å². The minimum atomic E-state index is -0.844. The van der Waals surface area contributed by atoms with E-state index in [1.165, 1.54) is 70.6 Å². The summed E-state index contributed by atoms with van der Waals surface area (Å²) in [6, 6.07) is 0. The molecule has 0 fully saturated rings. The smallest absolute Gasteiger partial charge is 0.310 e. The molecule has 1 atom stereocenters. The predicted molar refractivity (Wildman–Crippen MR) is 329 cm³/mol. The van der Waals surface area contributed by atoms with E-state index in [-0.39, 0.29) is 31.6 Å². The normalized spacial score (nSPS) is 13.2. The summed E-state index contributed by atoms with van der Waals surface area (Å²) in [6.07, 6.45) is 91.3. The Labute approximate surface area is 467 Å². The molecule has 0 heterocycles. The Balaban J connectivity index is 4.39. The van der Waals surface area contributed by atoms with Crippen LogP contribution in [0, 0.1) is 0 Å². The van der Waals surface area contributed by atoms with Crippen LogP contribution >= 0.6 is 0 Å². The Morgan fingerprint density at radius 1 is 0.289 bits per heavy atom. The Kier molecular flexibility index (Phi) is 58.5. The molecule has 0 aliphatic rings. The van der Waals surface area contributed by atoms with Crippen LogP contribution in [0.2, 0.25) is 0 Å². The van der Waals surface area contributed by atoms with Crippen LogP contribution in [0.25, 0.3) is 0 Å². The molecule has 1 unspecified atom stereocenters. The summed E-state index contributed by atoms with van der Waals surface area (Å²) in [4.78, 5) is 38.1. The fourth-order valence-electron chi connectivity index (χ4n) is 7.83. The first kappa shape index (κ1) is 71.0. The van der Waals surface area contributed by atoms with E-state index in [2.05, 4.69) is 167 Å². The molecule has 0 spiro atoms. The molecule has 6 nitrogen and oxygen atoms in total. The molecule has 0 aliphatic carbocycles. The molecule has 0 radical (unpaired) electrons. The number of allylic oxidation sites excluding steroid dienone is 25. The van der Waals surface area contributed by atoms with Crippen LogP contribution in [0.3, 0.4) is 0 Å². The standard InChI is InChI=1S/C70H110O6/c1-4-7-10-13-16-19-22-25-27-28-29-30-31-32-33-34-35-36-37-38-39-40-41-42-44-45-48-51-54-57-60-63-69(72)75-66-67(65-74-68(71)62-59-56-53-50-47-24-21-18-15-12-9-6-3)76-70(73)64-61-58-55-52-49-46-43-26-23-20-17-14-11-8-5-2/h7-8,10-11,16-17,19-20,25-27,29-30,32-33,35-36,38-39,41-43,49,52,58,61,67H,4-6,9,12-15,18,21-24,28,31,34,37,40,44-48,50-51,53-57,59-60,62-66H2,1-3H3/b10-7-,11-8-,19-16-,20-17-,27-25-,30-29-,33-32-,36-35-,39-38-,42-41-,43-26-,52-49-,61-58-. The van der Waals surface area contributed by atoms with E-state index in [0.29, 0.717) is 19.3 Å². The van der Waals surface area contributed by atoms with Crippen molar-refractivity contribution in [3.05, 3.63) is 158 Å². The topological polar surface area (TPSA) is 78.9 Å². The van der Waals surface area contributed by atoms with Crippen molar-refractivity contribution in [2.24, 2.45) is 0 Å². The van der Waals surface area contributed by atoms with Gasteiger partial charge >= 0.3 is 17.9 Å². The molecule has 76 heavy (non-hydrogen) atoms. The molecule has 0 saturated heterocycles. The molecule has 0 aromatic carbocycles. The van der Waals surface area contributed by atoms with Gasteiger partial charge in [-0.15, -0.1) is 0 Å². The first-order valence-electron chi connectivity index (χ1n) is 30.5. The number of hydrogen-bond donors (Lipinski definition) is 0. The van der Waals surface area contributed by atoms with Gasteiger partial charge in [0.2, 0.25) is 0 Å². The van der Waals surface area contributed by atoms with E-state index in [1.807, 2.05) is 6.08 Å². The monoisotopic (exact) mass is 1050 g/mol. The maximum atomic E-state index is 12.8. The van der Waals surface area contributed by atoms with E-state index in [1.54, 1.807) is 6.08 Å². The third-order valence-corrected chi connectivity index (χ3v) is 12.3. The molecule has 0 amide bonds. The van der Waals surface area contributed by atoms with E-state index < -0.39 is 12.1 Å². The summed E-state index contributed by atoms with van der Waals surface area (Å²) in [6.45, 7) is 6.30. The summed E-state index contributed by atoms with van der Waals surface area (Å²) >= 11 is 0. The largest absolute Gasteiger partial charge is 0.462 e. The SMILES string of the molecule is CC/C=C\C/C=C\C/C=C\C/C=C\C/C=C\C/C=C\C/C=C\C/C=C\CCCCCCCCC(=O)OCC(COC(=O)CCCCCCCCCCCCCC)OC(=O)C/C=C\C/C=C\C/C=C\C/C=C\C/C=C\CC. The highest BCUT2D eigenvalue weighted by Crippen LogP contribution is 2.14. The molecular weight excluding hydrogens is 937 g/mol. The van der Waals surface area contributed by atoms with Crippen molar-refractivity contribution in [2.75, 3.05) is 13.2 Å². The molecule has 0 bridgehead atoms. The van der Waals surface area contributed by atoms with Gasteiger partial charge in [-0.1, -0.05) is 275 Å². The molecule has 0 N–H and O–H groups in total. The zero-order valence-electron chi connectivity index (χ0n) is 48.7. The van der Waals surface area contributed by atoms with E-state index >= 15 is 0 Å². The summed E-state index contributed by atoms with van der Waals surface area (Å²) in [5.74, 6) is -1.08. The summed E-state index contributed by atoms with van der Waals surface area (Å²) in [5, 5.41) is 0. The third-order valence-electron chi connectivity index (χ3n) is 12.3. The second-order valence-corrected chi connectivity index (χ2v) is 19.5. The molecule has 0 aromatic heterocycles. The number of carbonyl (C=O) groups excluding carboxylic acids is 3. The quantitative estimate of drug-likeness (QED) is 0.0261. The number of unbranched alkanes of at least 4 members (excludes halogenated alkanes) is 17. The van der Waals surface area contributed by atoms with Crippen LogP contribution in [0.4, 0.5) is 0 Å². The average Bonchev–Trinajstić information content (AvgIpc) is 3.42. The van der Waals surface area contributed by atoms with Crippen LogP contribution in [0.5, 0.6) is 0 Å². The number of esters is 3. The van der Waals surface area contributed by atoms with Gasteiger partial charge in [0.25, 0.3) is 0 Å². The van der Waals surface area contributed by atoms with Gasteiger partial charge in [-0.3, -0.25) is 14.4 Å². The average molecular weight is 1050 g/mol. The van der Waals surface area contributed by atoms with Crippen molar-refractivity contribution >= 4 is 17.9 Å². The molecule has 0 rings (SSSR count). The van der Waals surface area contributed by atoms with Gasteiger partial charge in [-0.05, 0) is 109 Å². The lowest BCUT2D eigenvalue weighted by atomic mass is 10.0. The lowest BCUT2D eigenvalue weighted by Crippen LogP contribution is -2.30. The Morgan fingerprint density at radius 3 is 0.868 bits per heavy atom. The van der Waals surface area contributed by atoms with Crippen LogP contribution in [-0.2, 0) is 28.6 Å². The fraction of sp³-hybridized carbons (Fsp3) is 0.586. The van der Waals surface area contributed by atoms with Gasteiger partial charge < -0.3 is 14.2 Å². The third kappa shape index (κ3) is 59.9. The van der Waals surface area contributed by atoms with Gasteiger partial charge in [-0.2, -0.15) is 0 Å². The van der Waals surface area contributed by atoms with Gasteiger partial charge in [0, 0.05) is 12.8 Å². The first-order valence-corrected chi connectivity index (χ1v) is 30.5. The highest BCUT2D eigenvalue weighted by Gasteiger charge is 2.19. The van der Waals surface area contributed by atoms with Gasteiger partial charge in [0.05, 0.1) is 6.42 Å². The van der Waals surface area contributed by atoms with Crippen molar-refractivity contribution < 1.29 is 28.6 Å². The van der Waals surface area contributed by atoms with Gasteiger partial charge in [0.15, 0.2) is 6.10 Å². The Bertz CT molecular complexity index is 1720. The molecule has 0 aliphatic heterocycles. The second-order valence-electron chi connectivity index (χ2n) is 19.5. The fourth-order valence-corrected chi connectivity index (χ4v) is 7.83. The lowest BCUT2D eigenvalue weighted by molar-refractivity contribution is -0.166. The maximum absolute atomic E-state index is 12.8. The Morgan fingerprint density at radius 2 is 0.553 bits per heavy atom. The Hall–Kier alpha value is -4.97. The number of hydrogen-bond acceptors (Lipinski definition) is 6. The van der Waals surface area contributed by atoms with Crippen molar-refractivity contribution in [1.29, 1.82) is 0 Å². The van der Waals surface area contributed by atoms with Crippen molar-refractivity contribution in [2.45, 2.75) is 252 Å². The van der Waals surface area contributed by atoms with Crippen molar-refractivity contribution in [3.63, 3.8) is 0 Å². The van der Waals surface area contributed by atoms with Crippen LogP contribution < -0.4 is 0 Å². The molecule has 426 valence electrons. The van der Waals surface area contributed by atoms with Crippen molar-refractivity contribution in [1.82, 2.24) is 0 Å². The number of carbonyl (C=O) groups is 3. The van der Waals surface area contributed by atoms with Crippen LogP contribution in [0.1, 0.15) is 245 Å². The van der Waals surface area contributed by atoms with Crippen LogP contribution in [0.15, 0.2) is 158 Å². The zero-order valence-corrected chi connectivity index (χ0v) is 48.7. The van der Waals surface area contributed by atoms with Crippen molar-refractivity contribution in [3.8, 4) is 0 Å². The van der Waals surface area contributed by atoms with E-state index in [9.17, 15) is 14.4 Å². The summed E-state index contributed by atoms with van der Waals surface area (Å²) in [7, 11) is 0. The summed E-state index contributed by atoms with van der Waals surface area (Å²) < 4.78 is 16.7. The minimum absolute atomic E-state index is 0.0880. The minimum Gasteiger partial charge on any atom is -0.462 e. The molecule has 0 saturated carbocycles.